The molecule has 1 N–H and O–H groups in total. The van der Waals surface area contributed by atoms with E-state index in [1.165, 1.54) is 11.3 Å². The highest BCUT2D eigenvalue weighted by atomic mass is 32.1. The molecule has 96 valence electrons. The third-order valence-corrected chi connectivity index (χ3v) is 4.09. The van der Waals surface area contributed by atoms with Crippen molar-refractivity contribution in [1.82, 2.24) is 9.55 Å². The summed E-state index contributed by atoms with van der Waals surface area (Å²) in [4.78, 5) is 15.3. The molecule has 1 aliphatic heterocycles. The molecule has 3 heterocycles. The lowest BCUT2D eigenvalue weighted by molar-refractivity contribution is -0.0940. The SMILES string of the molecule is O=c1c2sccc2[nH]c(=S)n1CC1COCCO1. The number of hydrogen-bond donors (Lipinski definition) is 1. The smallest absolute Gasteiger partial charge is 0.272 e. The van der Waals surface area contributed by atoms with Gasteiger partial charge in [0.25, 0.3) is 5.56 Å². The first-order chi connectivity index (χ1) is 8.75. The van der Waals surface area contributed by atoms with Crippen molar-refractivity contribution in [2.75, 3.05) is 19.8 Å². The molecule has 1 aliphatic rings. The summed E-state index contributed by atoms with van der Waals surface area (Å²) in [5.74, 6) is 0. The Kier molecular flexibility index (Phi) is 3.29. The normalized spacial score (nSPS) is 20.3. The molecule has 1 atom stereocenters. The van der Waals surface area contributed by atoms with Gasteiger partial charge in [0, 0.05) is 0 Å². The predicted octanol–water partition coefficient (Wildman–Crippen LogP) is 1.54. The predicted molar refractivity (Wildman–Crippen MR) is 71.8 cm³/mol. The molecule has 0 amide bonds. The summed E-state index contributed by atoms with van der Waals surface area (Å²) < 4.78 is 13.5. The fraction of sp³-hybridized carbons (Fsp3) is 0.455. The van der Waals surface area contributed by atoms with Crippen LogP contribution in [0.3, 0.4) is 0 Å². The Hall–Kier alpha value is -1.02. The maximum Gasteiger partial charge on any atom is 0.272 e. The van der Waals surface area contributed by atoms with Crippen molar-refractivity contribution in [1.29, 1.82) is 0 Å². The van der Waals surface area contributed by atoms with Crippen molar-refractivity contribution in [2.24, 2.45) is 0 Å². The van der Waals surface area contributed by atoms with Gasteiger partial charge in [0.2, 0.25) is 0 Å². The molecule has 0 aliphatic carbocycles. The number of nitrogens with zero attached hydrogens (tertiary/aromatic N) is 1. The number of H-pyrrole nitrogens is 1. The highest BCUT2D eigenvalue weighted by Crippen LogP contribution is 2.14. The van der Waals surface area contributed by atoms with Crippen LogP contribution >= 0.6 is 23.6 Å². The second-order valence-electron chi connectivity index (χ2n) is 4.08. The van der Waals surface area contributed by atoms with Crippen LogP contribution in [0.5, 0.6) is 0 Å². The lowest BCUT2D eigenvalue weighted by atomic mass is 10.3. The maximum atomic E-state index is 12.3. The van der Waals surface area contributed by atoms with E-state index in [-0.39, 0.29) is 11.7 Å². The Bertz CT molecular complexity index is 667. The van der Waals surface area contributed by atoms with E-state index in [4.69, 9.17) is 21.7 Å². The van der Waals surface area contributed by atoms with E-state index in [1.807, 2.05) is 11.4 Å². The first-order valence-corrected chi connectivity index (χ1v) is 6.94. The number of aromatic amines is 1. The summed E-state index contributed by atoms with van der Waals surface area (Å²) in [7, 11) is 0. The summed E-state index contributed by atoms with van der Waals surface area (Å²) in [6.45, 7) is 2.12. The average molecular weight is 284 g/mol. The van der Waals surface area contributed by atoms with Crippen LogP contribution < -0.4 is 5.56 Å². The van der Waals surface area contributed by atoms with Gasteiger partial charge in [-0.05, 0) is 23.7 Å². The number of ether oxygens (including phenoxy) is 2. The molecule has 1 fully saturated rings. The van der Waals surface area contributed by atoms with E-state index in [0.717, 1.165) is 5.52 Å². The average Bonchev–Trinajstić information content (AvgIpc) is 2.84. The largest absolute Gasteiger partial charge is 0.376 e. The van der Waals surface area contributed by atoms with Gasteiger partial charge in [-0.1, -0.05) is 0 Å². The third-order valence-electron chi connectivity index (χ3n) is 2.86. The maximum absolute atomic E-state index is 12.3. The minimum Gasteiger partial charge on any atom is -0.376 e. The van der Waals surface area contributed by atoms with Crippen LogP contribution in [0.1, 0.15) is 0 Å². The van der Waals surface area contributed by atoms with Crippen molar-refractivity contribution >= 4 is 33.8 Å². The Morgan fingerprint density at radius 3 is 3.22 bits per heavy atom. The summed E-state index contributed by atoms with van der Waals surface area (Å²) >= 11 is 6.63. The van der Waals surface area contributed by atoms with Gasteiger partial charge in [0.05, 0.1) is 38.0 Å². The molecule has 3 rings (SSSR count). The molecule has 2 aromatic rings. The van der Waals surface area contributed by atoms with Gasteiger partial charge in [0.1, 0.15) is 4.70 Å². The van der Waals surface area contributed by atoms with Gasteiger partial charge in [-0.2, -0.15) is 0 Å². The van der Waals surface area contributed by atoms with Gasteiger partial charge < -0.3 is 14.5 Å². The Morgan fingerprint density at radius 1 is 1.56 bits per heavy atom. The Morgan fingerprint density at radius 2 is 2.44 bits per heavy atom. The zero-order valence-electron chi connectivity index (χ0n) is 9.55. The van der Waals surface area contributed by atoms with E-state index >= 15 is 0 Å². The second-order valence-corrected chi connectivity index (χ2v) is 5.38. The molecule has 1 unspecified atom stereocenters. The zero-order chi connectivity index (χ0) is 12.5. The van der Waals surface area contributed by atoms with E-state index in [2.05, 4.69) is 4.98 Å². The van der Waals surface area contributed by atoms with Crippen molar-refractivity contribution in [3.8, 4) is 0 Å². The molecule has 0 bridgehead atoms. The van der Waals surface area contributed by atoms with Crippen LogP contribution in [0, 0.1) is 4.77 Å². The molecule has 18 heavy (non-hydrogen) atoms. The molecule has 2 aromatic heterocycles. The molecule has 1 saturated heterocycles. The van der Waals surface area contributed by atoms with Gasteiger partial charge in [0.15, 0.2) is 4.77 Å². The van der Waals surface area contributed by atoms with Crippen molar-refractivity contribution < 1.29 is 9.47 Å². The highest BCUT2D eigenvalue weighted by molar-refractivity contribution is 7.71. The number of fused-ring (bicyclic) bond motifs is 1. The number of thiophene rings is 1. The van der Waals surface area contributed by atoms with Crippen LogP contribution in [0.4, 0.5) is 0 Å². The standard InChI is InChI=1S/C11H12N2O3S2/c14-10-9-8(1-4-18-9)12-11(17)13(10)5-7-6-15-2-3-16-7/h1,4,7H,2-3,5-6H2,(H,12,17). The van der Waals surface area contributed by atoms with Crippen LogP contribution in [0.15, 0.2) is 16.2 Å². The van der Waals surface area contributed by atoms with E-state index in [1.54, 1.807) is 4.57 Å². The molecule has 0 aromatic carbocycles. The molecule has 0 saturated carbocycles. The van der Waals surface area contributed by atoms with E-state index < -0.39 is 0 Å². The summed E-state index contributed by atoms with van der Waals surface area (Å²) in [6.07, 6.45) is -0.107. The summed E-state index contributed by atoms with van der Waals surface area (Å²) in [5, 5.41) is 1.88. The summed E-state index contributed by atoms with van der Waals surface area (Å²) in [5.41, 5.74) is 0.741. The molecular formula is C11H12N2O3S2. The molecule has 7 heteroatoms. The number of aromatic nitrogens is 2. The first-order valence-electron chi connectivity index (χ1n) is 5.65. The lowest BCUT2D eigenvalue weighted by Gasteiger charge is -2.23. The minimum atomic E-state index is -0.107. The summed E-state index contributed by atoms with van der Waals surface area (Å²) in [6, 6.07) is 1.86. The zero-order valence-corrected chi connectivity index (χ0v) is 11.2. The monoisotopic (exact) mass is 284 g/mol. The van der Waals surface area contributed by atoms with Crippen molar-refractivity contribution in [3.63, 3.8) is 0 Å². The van der Waals surface area contributed by atoms with Crippen LogP contribution in [0.25, 0.3) is 10.2 Å². The highest BCUT2D eigenvalue weighted by Gasteiger charge is 2.17. The van der Waals surface area contributed by atoms with Crippen LogP contribution in [0.2, 0.25) is 0 Å². The van der Waals surface area contributed by atoms with Crippen molar-refractivity contribution in [2.45, 2.75) is 12.6 Å². The van der Waals surface area contributed by atoms with Gasteiger partial charge >= 0.3 is 0 Å². The number of hydrogen-bond acceptors (Lipinski definition) is 5. The number of rotatable bonds is 2. The van der Waals surface area contributed by atoms with Crippen LogP contribution in [-0.2, 0) is 16.0 Å². The topological polar surface area (TPSA) is 56.2 Å². The van der Waals surface area contributed by atoms with Gasteiger partial charge in [-0.25, -0.2) is 0 Å². The molecule has 0 radical (unpaired) electrons. The fourth-order valence-electron chi connectivity index (χ4n) is 1.98. The third kappa shape index (κ3) is 2.14. The number of nitrogens with one attached hydrogen (secondary N) is 1. The Balaban J connectivity index is 2.00. The van der Waals surface area contributed by atoms with Gasteiger partial charge in [-0.3, -0.25) is 9.36 Å². The van der Waals surface area contributed by atoms with E-state index in [0.29, 0.717) is 35.8 Å². The van der Waals surface area contributed by atoms with E-state index in [9.17, 15) is 4.79 Å². The molecular weight excluding hydrogens is 272 g/mol. The lowest BCUT2D eigenvalue weighted by Crippen LogP contribution is -2.36. The second kappa shape index (κ2) is 4.93. The first kappa shape index (κ1) is 12.0. The molecule has 0 spiro atoms. The Labute approximate surface area is 112 Å². The van der Waals surface area contributed by atoms with Gasteiger partial charge in [-0.15, -0.1) is 11.3 Å². The minimum absolute atomic E-state index is 0.0575. The molecule has 5 nitrogen and oxygen atoms in total. The van der Waals surface area contributed by atoms with Crippen LogP contribution in [-0.4, -0.2) is 35.5 Å². The van der Waals surface area contributed by atoms with Crippen molar-refractivity contribution in [3.05, 3.63) is 26.6 Å². The fourth-order valence-corrected chi connectivity index (χ4v) is 3.05. The quantitative estimate of drug-likeness (QED) is 0.850.